The lowest BCUT2D eigenvalue weighted by Gasteiger charge is -2.15. The van der Waals surface area contributed by atoms with Crippen LogP contribution in [0.4, 0.5) is 0 Å². The van der Waals surface area contributed by atoms with Gasteiger partial charge in [-0.1, -0.05) is 11.6 Å². The lowest BCUT2D eigenvalue weighted by atomic mass is 10.0. The Hall–Kier alpha value is -1.30. The molecule has 0 aliphatic rings. The number of aliphatic hydroxyl groups excluding tert-OH is 2. The number of aliphatic hydroxyl groups is 2. The number of rotatable bonds is 6. The fourth-order valence-corrected chi connectivity index (χ4v) is 1.83. The molecular weight excluding hydrogens is 260 g/mol. The number of carbonyl (C=O) groups is 1. The highest BCUT2D eigenvalue weighted by atomic mass is 35.5. The highest BCUT2D eigenvalue weighted by molar-refractivity contribution is 6.31. The zero-order chi connectivity index (χ0) is 13.7. The van der Waals surface area contributed by atoms with Crippen LogP contribution in [0.3, 0.4) is 0 Å². The van der Waals surface area contributed by atoms with E-state index in [1.807, 2.05) is 0 Å². The van der Waals surface area contributed by atoms with E-state index in [-0.39, 0.29) is 13.0 Å². The first-order chi connectivity index (χ1) is 8.45. The first kappa shape index (κ1) is 14.8. The van der Waals surface area contributed by atoms with Crippen LogP contribution < -0.4 is 4.74 Å². The van der Waals surface area contributed by atoms with Crippen molar-refractivity contribution in [2.45, 2.75) is 19.4 Å². The first-order valence-electron chi connectivity index (χ1n) is 5.37. The Kier molecular flexibility index (Phi) is 5.40. The van der Waals surface area contributed by atoms with Crippen LogP contribution in [0.1, 0.15) is 11.1 Å². The summed E-state index contributed by atoms with van der Waals surface area (Å²) < 4.78 is 5.11. The maximum absolute atomic E-state index is 10.4. The minimum Gasteiger partial charge on any atom is -0.482 e. The highest BCUT2D eigenvalue weighted by Crippen LogP contribution is 2.29. The van der Waals surface area contributed by atoms with Gasteiger partial charge in [-0.25, -0.2) is 4.79 Å². The number of ether oxygens (including phenoxy) is 1. The van der Waals surface area contributed by atoms with Crippen LogP contribution in [0.25, 0.3) is 0 Å². The summed E-state index contributed by atoms with van der Waals surface area (Å²) in [6, 6.07) is 3.15. The summed E-state index contributed by atoms with van der Waals surface area (Å²) in [4.78, 5) is 10.4. The second kappa shape index (κ2) is 6.58. The van der Waals surface area contributed by atoms with Gasteiger partial charge in [0.2, 0.25) is 0 Å². The zero-order valence-corrected chi connectivity index (χ0v) is 10.6. The van der Waals surface area contributed by atoms with Crippen molar-refractivity contribution in [1.29, 1.82) is 0 Å². The number of benzene rings is 1. The van der Waals surface area contributed by atoms with Crippen molar-refractivity contribution in [3.63, 3.8) is 0 Å². The van der Waals surface area contributed by atoms with Crippen LogP contribution in [0.5, 0.6) is 5.75 Å². The molecule has 0 saturated carbocycles. The monoisotopic (exact) mass is 274 g/mol. The Bertz CT molecular complexity index is 433. The third-order valence-corrected chi connectivity index (χ3v) is 2.85. The van der Waals surface area contributed by atoms with E-state index in [9.17, 15) is 9.90 Å². The van der Waals surface area contributed by atoms with E-state index in [0.717, 1.165) is 0 Å². The van der Waals surface area contributed by atoms with Gasteiger partial charge in [0.05, 0.1) is 12.7 Å². The van der Waals surface area contributed by atoms with Gasteiger partial charge in [-0.05, 0) is 30.2 Å². The Morgan fingerprint density at radius 1 is 1.50 bits per heavy atom. The molecule has 1 aromatic rings. The second-order valence-electron chi connectivity index (χ2n) is 3.87. The van der Waals surface area contributed by atoms with E-state index in [2.05, 4.69) is 0 Å². The standard InChI is InChI=1S/C12H15ClO5/c1-7-9(4-8(15)5-14)10(13)2-3-11(7)18-6-12(16)17/h2-3,8,14-15H,4-6H2,1H3,(H,16,17). The number of hydrogen-bond acceptors (Lipinski definition) is 4. The fourth-order valence-electron chi connectivity index (χ4n) is 1.55. The van der Waals surface area contributed by atoms with Gasteiger partial charge < -0.3 is 20.1 Å². The smallest absolute Gasteiger partial charge is 0.341 e. The van der Waals surface area contributed by atoms with E-state index in [4.69, 9.17) is 26.6 Å². The highest BCUT2D eigenvalue weighted by Gasteiger charge is 2.14. The molecule has 0 aliphatic carbocycles. The first-order valence-corrected chi connectivity index (χ1v) is 5.75. The molecule has 1 atom stereocenters. The van der Waals surface area contributed by atoms with Crippen LogP contribution in [-0.2, 0) is 11.2 Å². The molecule has 5 nitrogen and oxygen atoms in total. The zero-order valence-electron chi connectivity index (χ0n) is 9.89. The van der Waals surface area contributed by atoms with Gasteiger partial charge in [0.1, 0.15) is 5.75 Å². The van der Waals surface area contributed by atoms with Crippen molar-refractivity contribution in [2.24, 2.45) is 0 Å². The number of halogens is 1. The molecule has 0 fully saturated rings. The molecule has 100 valence electrons. The second-order valence-corrected chi connectivity index (χ2v) is 4.28. The van der Waals surface area contributed by atoms with Crippen molar-refractivity contribution in [2.75, 3.05) is 13.2 Å². The van der Waals surface area contributed by atoms with Gasteiger partial charge in [-0.15, -0.1) is 0 Å². The van der Waals surface area contributed by atoms with Gasteiger partial charge in [-0.2, -0.15) is 0 Å². The van der Waals surface area contributed by atoms with Crippen molar-refractivity contribution >= 4 is 17.6 Å². The maximum Gasteiger partial charge on any atom is 0.341 e. The van der Waals surface area contributed by atoms with Gasteiger partial charge in [-0.3, -0.25) is 0 Å². The fraction of sp³-hybridized carbons (Fsp3) is 0.417. The van der Waals surface area contributed by atoms with E-state index in [0.29, 0.717) is 21.9 Å². The average Bonchev–Trinajstić information content (AvgIpc) is 2.32. The molecular formula is C12H15ClO5. The van der Waals surface area contributed by atoms with E-state index in [1.165, 1.54) is 0 Å². The third-order valence-electron chi connectivity index (χ3n) is 2.49. The molecule has 3 N–H and O–H groups in total. The summed E-state index contributed by atoms with van der Waals surface area (Å²) in [5.41, 5.74) is 1.30. The minimum absolute atomic E-state index is 0.186. The predicted molar refractivity (Wildman–Crippen MR) is 66.1 cm³/mol. The van der Waals surface area contributed by atoms with Gasteiger partial charge in [0, 0.05) is 11.4 Å². The van der Waals surface area contributed by atoms with Crippen molar-refractivity contribution < 1.29 is 24.9 Å². The molecule has 1 rings (SSSR count). The van der Waals surface area contributed by atoms with Gasteiger partial charge in [0.25, 0.3) is 0 Å². The molecule has 0 heterocycles. The quantitative estimate of drug-likeness (QED) is 0.721. The summed E-state index contributed by atoms with van der Waals surface area (Å²) in [5, 5.41) is 27.2. The van der Waals surface area contributed by atoms with Crippen molar-refractivity contribution in [3.05, 3.63) is 28.3 Å². The maximum atomic E-state index is 10.4. The average molecular weight is 275 g/mol. The van der Waals surface area contributed by atoms with Crippen LogP contribution in [0.2, 0.25) is 5.02 Å². The summed E-state index contributed by atoms with van der Waals surface area (Å²) in [6.45, 7) is 0.920. The van der Waals surface area contributed by atoms with Crippen LogP contribution >= 0.6 is 11.6 Å². The largest absolute Gasteiger partial charge is 0.482 e. The van der Waals surface area contributed by atoms with Gasteiger partial charge >= 0.3 is 5.97 Å². The summed E-state index contributed by atoms with van der Waals surface area (Å²) in [5.74, 6) is -0.664. The molecule has 0 amide bonds. The van der Waals surface area contributed by atoms with E-state index in [1.54, 1.807) is 19.1 Å². The van der Waals surface area contributed by atoms with Crippen LogP contribution in [0.15, 0.2) is 12.1 Å². The third kappa shape index (κ3) is 3.87. The molecule has 1 aromatic carbocycles. The molecule has 18 heavy (non-hydrogen) atoms. The van der Waals surface area contributed by atoms with Crippen molar-refractivity contribution in [3.8, 4) is 5.75 Å². The summed E-state index contributed by atoms with van der Waals surface area (Å²) >= 11 is 6.00. The van der Waals surface area contributed by atoms with E-state index < -0.39 is 18.7 Å². The Morgan fingerprint density at radius 3 is 2.72 bits per heavy atom. The molecule has 0 radical (unpaired) electrons. The number of aliphatic carboxylic acids is 1. The summed E-state index contributed by atoms with van der Waals surface area (Å²) in [6.07, 6.45) is -0.721. The Labute approximate surface area is 110 Å². The molecule has 6 heteroatoms. The van der Waals surface area contributed by atoms with Crippen LogP contribution in [0, 0.1) is 6.92 Å². The molecule has 0 aliphatic heterocycles. The molecule has 0 saturated heterocycles. The topological polar surface area (TPSA) is 87.0 Å². The number of carboxylic acids is 1. The van der Waals surface area contributed by atoms with Crippen LogP contribution in [-0.4, -0.2) is 40.6 Å². The lowest BCUT2D eigenvalue weighted by Crippen LogP contribution is -2.17. The van der Waals surface area contributed by atoms with Gasteiger partial charge in [0.15, 0.2) is 6.61 Å². The SMILES string of the molecule is Cc1c(OCC(=O)O)ccc(Cl)c1CC(O)CO. The normalized spacial score (nSPS) is 12.2. The Balaban J connectivity index is 2.95. The summed E-state index contributed by atoms with van der Waals surface area (Å²) in [7, 11) is 0. The predicted octanol–water partition coefficient (Wildman–Crippen LogP) is 1.01. The number of hydrogen-bond donors (Lipinski definition) is 3. The van der Waals surface area contributed by atoms with E-state index >= 15 is 0 Å². The number of carboxylic acid groups (broad SMARTS) is 1. The lowest BCUT2D eigenvalue weighted by molar-refractivity contribution is -0.139. The Morgan fingerprint density at radius 2 is 2.17 bits per heavy atom. The molecule has 0 aromatic heterocycles. The van der Waals surface area contributed by atoms with Crippen molar-refractivity contribution in [1.82, 2.24) is 0 Å². The minimum atomic E-state index is -1.07. The molecule has 1 unspecified atom stereocenters. The molecule has 0 spiro atoms. The molecule has 0 bridgehead atoms.